The van der Waals surface area contributed by atoms with Gasteiger partial charge >= 0.3 is 5.97 Å². The molecule has 1 atom stereocenters. The van der Waals surface area contributed by atoms with E-state index < -0.39 is 28.2 Å². The smallest absolute Gasteiger partial charge is 0.315 e. The van der Waals surface area contributed by atoms with Crippen molar-refractivity contribution >= 4 is 46.5 Å². The zero-order chi connectivity index (χ0) is 16.5. The molecule has 0 radical (unpaired) electrons. The van der Waals surface area contributed by atoms with Gasteiger partial charge < -0.3 is 10.1 Å². The number of ether oxygens (including phenoxy) is 1. The number of rotatable bonds is 5. The number of anilines is 1. The minimum absolute atomic E-state index is 0.107. The number of ketones is 1. The number of carbonyl (C=O) groups excluding carboxylic acids is 3. The molecule has 118 valence electrons. The Hall–Kier alpha value is -1.59. The molecule has 1 aliphatic rings. The molecule has 0 bridgehead atoms. The van der Waals surface area contributed by atoms with E-state index in [1.165, 1.54) is 6.92 Å². The molecule has 1 N–H and O–H groups in total. The number of benzene rings is 1. The number of nitrogens with one attached hydrogen (secondary N) is 1. The van der Waals surface area contributed by atoms with E-state index in [0.29, 0.717) is 17.7 Å². The number of carbonyl (C=O) groups is 3. The molecule has 0 saturated heterocycles. The van der Waals surface area contributed by atoms with Gasteiger partial charge in [0.25, 0.3) is 5.91 Å². The summed E-state index contributed by atoms with van der Waals surface area (Å²) in [5, 5.41) is 2.55. The van der Waals surface area contributed by atoms with E-state index in [2.05, 4.69) is 5.32 Å². The van der Waals surface area contributed by atoms with Gasteiger partial charge in [0, 0.05) is 17.7 Å². The van der Waals surface area contributed by atoms with Gasteiger partial charge in [0.15, 0.2) is 12.4 Å². The molecule has 1 aromatic carbocycles. The number of alkyl halides is 2. The molecule has 1 saturated carbocycles. The van der Waals surface area contributed by atoms with Gasteiger partial charge in [-0.25, -0.2) is 0 Å². The second-order valence-electron chi connectivity index (χ2n) is 5.47. The summed E-state index contributed by atoms with van der Waals surface area (Å²) < 4.78 is 3.80. The molecule has 22 heavy (non-hydrogen) atoms. The highest BCUT2D eigenvalue weighted by atomic mass is 35.5. The number of hydrogen-bond donors (Lipinski definition) is 1. The summed E-state index contributed by atoms with van der Waals surface area (Å²) in [5.41, 5.74) is -0.0324. The summed E-state index contributed by atoms with van der Waals surface area (Å²) in [4.78, 5) is 34.9. The third kappa shape index (κ3) is 3.42. The highest BCUT2D eigenvalue weighted by Crippen LogP contribution is 2.64. The van der Waals surface area contributed by atoms with Crippen molar-refractivity contribution in [1.29, 1.82) is 0 Å². The largest absolute Gasteiger partial charge is 0.455 e. The monoisotopic (exact) mass is 343 g/mol. The highest BCUT2D eigenvalue weighted by Gasteiger charge is 2.69. The van der Waals surface area contributed by atoms with Gasteiger partial charge in [-0.1, -0.05) is 12.1 Å². The Morgan fingerprint density at radius 2 is 1.95 bits per heavy atom. The zero-order valence-corrected chi connectivity index (χ0v) is 13.6. The molecule has 0 heterocycles. The second kappa shape index (κ2) is 5.89. The highest BCUT2D eigenvalue weighted by molar-refractivity contribution is 6.53. The van der Waals surface area contributed by atoms with Crippen molar-refractivity contribution in [3.63, 3.8) is 0 Å². The molecular weight excluding hydrogens is 329 g/mol. The minimum Gasteiger partial charge on any atom is -0.455 e. The van der Waals surface area contributed by atoms with Crippen LogP contribution in [0.4, 0.5) is 5.69 Å². The van der Waals surface area contributed by atoms with Crippen LogP contribution in [0.5, 0.6) is 0 Å². The summed E-state index contributed by atoms with van der Waals surface area (Å²) in [6.45, 7) is 2.58. The molecule has 7 heteroatoms. The first kappa shape index (κ1) is 16.8. The number of Topliss-reactive ketones (excluding diaryl/α,β-unsaturated/α-hetero) is 1. The predicted octanol–water partition coefficient (Wildman–Crippen LogP) is 2.95. The molecule has 0 unspecified atom stereocenters. The van der Waals surface area contributed by atoms with Crippen molar-refractivity contribution in [3.8, 4) is 0 Å². The van der Waals surface area contributed by atoms with Crippen LogP contribution in [0.25, 0.3) is 0 Å². The van der Waals surface area contributed by atoms with E-state index in [9.17, 15) is 14.4 Å². The Bertz CT molecular complexity index is 644. The first-order chi connectivity index (χ1) is 10.2. The molecule has 5 nitrogen and oxygen atoms in total. The lowest BCUT2D eigenvalue weighted by Gasteiger charge is -2.12. The van der Waals surface area contributed by atoms with Gasteiger partial charge in [0.05, 0.1) is 0 Å². The summed E-state index contributed by atoms with van der Waals surface area (Å²) in [7, 11) is 0. The Morgan fingerprint density at radius 1 is 1.32 bits per heavy atom. The molecule has 2 rings (SSSR count). The van der Waals surface area contributed by atoms with E-state index >= 15 is 0 Å². The lowest BCUT2D eigenvalue weighted by molar-refractivity contribution is -0.152. The predicted molar refractivity (Wildman–Crippen MR) is 83.2 cm³/mol. The zero-order valence-electron chi connectivity index (χ0n) is 12.1. The van der Waals surface area contributed by atoms with Gasteiger partial charge in [-0.2, -0.15) is 0 Å². The quantitative estimate of drug-likeness (QED) is 0.506. The molecular formula is C15H15Cl2NO4. The van der Waals surface area contributed by atoms with E-state index in [1.807, 2.05) is 0 Å². The number of hydrogen-bond acceptors (Lipinski definition) is 4. The number of halogens is 2. The lowest BCUT2D eigenvalue weighted by Crippen LogP contribution is -2.26. The third-order valence-corrected chi connectivity index (χ3v) is 4.70. The van der Waals surface area contributed by atoms with Crippen molar-refractivity contribution in [2.24, 2.45) is 5.41 Å². The van der Waals surface area contributed by atoms with Gasteiger partial charge in [0.1, 0.15) is 9.75 Å². The van der Waals surface area contributed by atoms with Crippen molar-refractivity contribution in [2.75, 3.05) is 11.9 Å². The normalized spacial score (nSPS) is 21.8. The Morgan fingerprint density at radius 3 is 2.50 bits per heavy atom. The molecule has 0 spiro atoms. The topological polar surface area (TPSA) is 72.5 Å². The number of esters is 1. The first-order valence-electron chi connectivity index (χ1n) is 6.62. The summed E-state index contributed by atoms with van der Waals surface area (Å²) in [6.07, 6.45) is 0.296. The Kier molecular flexibility index (Phi) is 4.49. The van der Waals surface area contributed by atoms with Gasteiger partial charge in [-0.05, 0) is 26.0 Å². The van der Waals surface area contributed by atoms with Crippen molar-refractivity contribution in [1.82, 2.24) is 0 Å². The Balaban J connectivity index is 1.88. The molecule has 1 amide bonds. The summed E-state index contributed by atoms with van der Waals surface area (Å²) in [5.74, 6) is -1.22. The average molecular weight is 344 g/mol. The van der Waals surface area contributed by atoms with Crippen LogP contribution in [0.2, 0.25) is 0 Å². The lowest BCUT2D eigenvalue weighted by atomic mass is 10.1. The van der Waals surface area contributed by atoms with Gasteiger partial charge in [0.2, 0.25) is 0 Å². The van der Waals surface area contributed by atoms with Crippen LogP contribution in [0.1, 0.15) is 30.6 Å². The van der Waals surface area contributed by atoms with E-state index in [0.717, 1.165) is 0 Å². The van der Waals surface area contributed by atoms with E-state index in [4.69, 9.17) is 27.9 Å². The maximum Gasteiger partial charge on any atom is 0.315 e. The fourth-order valence-electron chi connectivity index (χ4n) is 1.92. The fourth-order valence-corrected chi connectivity index (χ4v) is 2.61. The van der Waals surface area contributed by atoms with E-state index in [1.54, 1.807) is 31.2 Å². The van der Waals surface area contributed by atoms with E-state index in [-0.39, 0.29) is 5.78 Å². The minimum atomic E-state index is -1.13. The maximum atomic E-state index is 11.8. The fraction of sp³-hybridized carbons (Fsp3) is 0.400. The van der Waals surface area contributed by atoms with Crippen LogP contribution < -0.4 is 5.32 Å². The molecule has 1 fully saturated rings. The molecule has 1 aromatic rings. The van der Waals surface area contributed by atoms with Crippen LogP contribution in [0, 0.1) is 5.41 Å². The average Bonchev–Trinajstić information content (AvgIpc) is 2.96. The van der Waals surface area contributed by atoms with Gasteiger partial charge in [-0.15, -0.1) is 23.2 Å². The summed E-state index contributed by atoms with van der Waals surface area (Å²) >= 11 is 11.7. The van der Waals surface area contributed by atoms with Crippen molar-refractivity contribution in [2.45, 2.75) is 24.6 Å². The maximum absolute atomic E-state index is 11.8. The Labute approximate surface area is 137 Å². The third-order valence-electron chi connectivity index (χ3n) is 3.60. The number of amides is 1. The SMILES string of the molecule is CC(=O)c1cccc(NC(=O)COC(=O)[C@]2(C)CC2(Cl)Cl)c1. The molecule has 0 aliphatic heterocycles. The van der Waals surface area contributed by atoms with Crippen LogP contribution >= 0.6 is 23.2 Å². The van der Waals surface area contributed by atoms with Crippen LogP contribution in [-0.2, 0) is 14.3 Å². The summed E-state index contributed by atoms with van der Waals surface area (Å²) in [6, 6.07) is 6.48. The van der Waals surface area contributed by atoms with Gasteiger partial charge in [-0.3, -0.25) is 14.4 Å². The molecule has 0 aromatic heterocycles. The molecule has 1 aliphatic carbocycles. The van der Waals surface area contributed by atoms with Crippen LogP contribution in [0.15, 0.2) is 24.3 Å². The van der Waals surface area contributed by atoms with Crippen LogP contribution in [-0.4, -0.2) is 28.6 Å². The van der Waals surface area contributed by atoms with Crippen LogP contribution in [0.3, 0.4) is 0 Å². The van der Waals surface area contributed by atoms with Crippen molar-refractivity contribution in [3.05, 3.63) is 29.8 Å². The van der Waals surface area contributed by atoms with Crippen molar-refractivity contribution < 1.29 is 19.1 Å². The standard InChI is InChI=1S/C15H15Cl2NO4/c1-9(19)10-4-3-5-11(6-10)18-12(20)7-22-13(21)14(2)8-15(14,16)17/h3-6H,7-8H2,1-2H3,(H,18,20)/t14-/m0/s1. The first-order valence-corrected chi connectivity index (χ1v) is 7.37. The second-order valence-corrected chi connectivity index (χ2v) is 6.96.